The molecule has 1 amide bonds. The van der Waals surface area contributed by atoms with Gasteiger partial charge in [0.2, 0.25) is 0 Å². The van der Waals surface area contributed by atoms with Crippen LogP contribution < -0.4 is 4.90 Å². The van der Waals surface area contributed by atoms with Crippen molar-refractivity contribution in [2.45, 2.75) is 39.2 Å². The number of benzene rings is 2. The van der Waals surface area contributed by atoms with Gasteiger partial charge in [-0.3, -0.25) is 14.5 Å². The zero-order valence-corrected chi connectivity index (χ0v) is 20.1. The molecule has 0 radical (unpaired) electrons. The van der Waals surface area contributed by atoms with Crippen LogP contribution in [0.5, 0.6) is 0 Å². The van der Waals surface area contributed by atoms with Crippen molar-refractivity contribution in [1.82, 2.24) is 4.98 Å². The molecule has 1 aliphatic heterocycles. The van der Waals surface area contributed by atoms with Crippen LogP contribution in [0.15, 0.2) is 70.9 Å². The average Bonchev–Trinajstić information content (AvgIpc) is 3.51. The number of carbonyl (C=O) groups is 2. The maximum atomic E-state index is 13.3. The summed E-state index contributed by atoms with van der Waals surface area (Å²) >= 11 is 1.32. The van der Waals surface area contributed by atoms with E-state index < -0.39 is 17.7 Å². The Labute approximate surface area is 201 Å². The number of nitrogens with zero attached hydrogens (tertiary/aromatic N) is 2. The number of hydrogen-bond donors (Lipinski definition) is 1. The molecule has 1 atom stereocenters. The van der Waals surface area contributed by atoms with Crippen LogP contribution in [-0.4, -0.2) is 21.8 Å². The van der Waals surface area contributed by atoms with Gasteiger partial charge in [-0.05, 0) is 53.8 Å². The quantitative estimate of drug-likeness (QED) is 0.221. The lowest BCUT2D eigenvalue weighted by molar-refractivity contribution is -0.132. The number of aryl methyl sites for hydroxylation is 1. The Morgan fingerprint density at radius 1 is 1.09 bits per heavy atom. The van der Waals surface area contributed by atoms with Crippen LogP contribution in [0.25, 0.3) is 16.0 Å². The smallest absolute Gasteiger partial charge is 0.302 e. The van der Waals surface area contributed by atoms with Gasteiger partial charge < -0.3 is 9.52 Å². The third-order valence-electron chi connectivity index (χ3n) is 6.10. The van der Waals surface area contributed by atoms with Crippen molar-refractivity contribution in [3.8, 4) is 0 Å². The number of rotatable bonds is 3. The van der Waals surface area contributed by atoms with Gasteiger partial charge in [0.05, 0.1) is 22.1 Å². The fraction of sp³-hybridized carbons (Fsp3) is 0.222. The number of aromatic nitrogens is 1. The zero-order valence-electron chi connectivity index (χ0n) is 19.3. The van der Waals surface area contributed by atoms with Gasteiger partial charge in [0, 0.05) is 5.56 Å². The molecule has 3 heterocycles. The van der Waals surface area contributed by atoms with E-state index in [0.29, 0.717) is 16.5 Å². The predicted molar refractivity (Wildman–Crippen MR) is 133 cm³/mol. The molecule has 0 bridgehead atoms. The number of furan rings is 1. The second kappa shape index (κ2) is 7.95. The van der Waals surface area contributed by atoms with Gasteiger partial charge in [-0.1, -0.05) is 56.4 Å². The summed E-state index contributed by atoms with van der Waals surface area (Å²) in [6, 6.07) is 15.8. The summed E-state index contributed by atoms with van der Waals surface area (Å²) in [6.07, 6.45) is 1.49. The van der Waals surface area contributed by atoms with Crippen molar-refractivity contribution in [3.63, 3.8) is 0 Å². The molecule has 34 heavy (non-hydrogen) atoms. The van der Waals surface area contributed by atoms with Crippen LogP contribution in [-0.2, 0) is 15.0 Å². The fourth-order valence-electron chi connectivity index (χ4n) is 4.20. The molecule has 1 N–H and O–H groups in total. The summed E-state index contributed by atoms with van der Waals surface area (Å²) < 4.78 is 6.54. The number of para-hydroxylation sites is 1. The topological polar surface area (TPSA) is 83.6 Å². The number of Topliss-reactive ketones (excluding diaryl/α,β-unsaturated/α-hetero) is 1. The van der Waals surface area contributed by atoms with Crippen molar-refractivity contribution in [2.24, 2.45) is 0 Å². The molecule has 1 fully saturated rings. The Morgan fingerprint density at radius 2 is 1.85 bits per heavy atom. The molecule has 2 aromatic heterocycles. The summed E-state index contributed by atoms with van der Waals surface area (Å²) in [5, 5.41) is 11.9. The third-order valence-corrected chi connectivity index (χ3v) is 7.14. The van der Waals surface area contributed by atoms with E-state index in [-0.39, 0.29) is 16.7 Å². The monoisotopic (exact) mass is 472 g/mol. The molecule has 6 nitrogen and oxygen atoms in total. The van der Waals surface area contributed by atoms with Crippen LogP contribution in [0.3, 0.4) is 0 Å². The Kier molecular flexibility index (Phi) is 5.17. The number of thiazole rings is 1. The highest BCUT2D eigenvalue weighted by Gasteiger charge is 2.49. The Morgan fingerprint density at radius 3 is 2.53 bits per heavy atom. The number of aliphatic hydroxyl groups excluding tert-OH is 1. The van der Waals surface area contributed by atoms with E-state index in [4.69, 9.17) is 4.42 Å². The molecule has 0 spiro atoms. The number of fused-ring (bicyclic) bond motifs is 1. The predicted octanol–water partition coefficient (Wildman–Crippen LogP) is 6.12. The highest BCUT2D eigenvalue weighted by atomic mass is 32.1. The highest BCUT2D eigenvalue weighted by molar-refractivity contribution is 7.22. The summed E-state index contributed by atoms with van der Waals surface area (Å²) in [7, 11) is 0. The third kappa shape index (κ3) is 3.53. The zero-order chi connectivity index (χ0) is 24.2. The molecule has 1 saturated heterocycles. The number of amides is 1. The van der Waals surface area contributed by atoms with Crippen LogP contribution in [0.2, 0.25) is 0 Å². The lowest BCUT2D eigenvalue weighted by atomic mass is 9.84. The molecule has 2 aromatic carbocycles. The van der Waals surface area contributed by atoms with Gasteiger partial charge in [0.15, 0.2) is 5.13 Å². The van der Waals surface area contributed by atoms with Crippen LogP contribution in [0, 0.1) is 6.92 Å². The van der Waals surface area contributed by atoms with E-state index >= 15 is 0 Å². The first-order valence-corrected chi connectivity index (χ1v) is 11.8. The van der Waals surface area contributed by atoms with Crippen LogP contribution in [0.1, 0.15) is 49.3 Å². The SMILES string of the molecule is Cc1ccc(C(C)(C)C)cc1/C(O)=C1\C(=O)C(=O)N(c2nc3ccccc3s2)C1c1ccco1. The minimum Gasteiger partial charge on any atom is -0.507 e. The van der Waals surface area contributed by atoms with Gasteiger partial charge in [0.25, 0.3) is 5.78 Å². The molecule has 1 aliphatic rings. The van der Waals surface area contributed by atoms with Crippen molar-refractivity contribution < 1.29 is 19.1 Å². The van der Waals surface area contributed by atoms with E-state index in [9.17, 15) is 14.7 Å². The normalized spacial score (nSPS) is 18.2. The first kappa shape index (κ1) is 22.1. The molecule has 0 aliphatic carbocycles. The number of hydrogen-bond acceptors (Lipinski definition) is 6. The standard InChI is InChI=1S/C27H24N2O4S/c1-15-11-12-16(27(2,3)4)14-17(15)23(30)21-22(19-9-7-13-33-19)29(25(32)24(21)31)26-28-18-8-5-6-10-20(18)34-26/h5-14,22,30H,1-4H3/b23-21+. The van der Waals surface area contributed by atoms with E-state index in [1.165, 1.54) is 22.5 Å². The second-order valence-electron chi connectivity index (χ2n) is 9.43. The van der Waals surface area contributed by atoms with Gasteiger partial charge in [-0.2, -0.15) is 0 Å². The average molecular weight is 473 g/mol. The molecule has 0 saturated carbocycles. The molecule has 4 aromatic rings. The summed E-state index contributed by atoms with van der Waals surface area (Å²) in [5.74, 6) is -1.35. The molecule has 1 unspecified atom stereocenters. The van der Waals surface area contributed by atoms with E-state index in [1.807, 2.05) is 49.4 Å². The highest BCUT2D eigenvalue weighted by Crippen LogP contribution is 2.44. The van der Waals surface area contributed by atoms with Gasteiger partial charge in [0.1, 0.15) is 17.6 Å². The van der Waals surface area contributed by atoms with Crippen molar-refractivity contribution in [3.05, 3.63) is 88.9 Å². The first-order valence-electron chi connectivity index (χ1n) is 11.0. The number of anilines is 1. The van der Waals surface area contributed by atoms with Crippen molar-refractivity contribution >= 4 is 44.1 Å². The largest absolute Gasteiger partial charge is 0.507 e. The maximum absolute atomic E-state index is 13.3. The minimum atomic E-state index is -0.923. The Balaban J connectivity index is 1.73. The van der Waals surface area contributed by atoms with Crippen LogP contribution >= 0.6 is 11.3 Å². The van der Waals surface area contributed by atoms with Gasteiger partial charge >= 0.3 is 5.91 Å². The minimum absolute atomic E-state index is 0.00614. The summed E-state index contributed by atoms with van der Waals surface area (Å²) in [6.45, 7) is 8.11. The van der Waals surface area contributed by atoms with E-state index in [2.05, 4.69) is 25.8 Å². The first-order chi connectivity index (χ1) is 16.2. The number of carbonyl (C=O) groups excluding carboxylic acids is 2. The van der Waals surface area contributed by atoms with Gasteiger partial charge in [-0.25, -0.2) is 4.98 Å². The Bertz CT molecular complexity index is 1420. The molecule has 5 rings (SSSR count). The van der Waals surface area contributed by atoms with Crippen molar-refractivity contribution in [1.29, 1.82) is 0 Å². The lowest BCUT2D eigenvalue weighted by Gasteiger charge is -2.22. The Hall–Kier alpha value is -3.71. The maximum Gasteiger partial charge on any atom is 0.302 e. The summed E-state index contributed by atoms with van der Waals surface area (Å²) in [4.78, 5) is 32.6. The molecule has 7 heteroatoms. The fourth-order valence-corrected chi connectivity index (χ4v) is 5.19. The molecular formula is C27H24N2O4S. The van der Waals surface area contributed by atoms with Crippen molar-refractivity contribution in [2.75, 3.05) is 4.90 Å². The van der Waals surface area contributed by atoms with Gasteiger partial charge in [-0.15, -0.1) is 0 Å². The van der Waals surface area contributed by atoms with Crippen LogP contribution in [0.4, 0.5) is 5.13 Å². The summed E-state index contributed by atoms with van der Waals surface area (Å²) in [5.41, 5.74) is 2.90. The molecule has 172 valence electrons. The number of aliphatic hydroxyl groups is 1. The second-order valence-corrected chi connectivity index (χ2v) is 10.4. The lowest BCUT2D eigenvalue weighted by Crippen LogP contribution is -2.29. The number of ketones is 1. The van der Waals surface area contributed by atoms with E-state index in [0.717, 1.165) is 21.3 Å². The molecular weight excluding hydrogens is 448 g/mol. The van der Waals surface area contributed by atoms with E-state index in [1.54, 1.807) is 12.1 Å².